The molecule has 0 heterocycles. The summed E-state index contributed by atoms with van der Waals surface area (Å²) in [5.41, 5.74) is 12.8. The van der Waals surface area contributed by atoms with E-state index in [0.29, 0.717) is 0 Å². The van der Waals surface area contributed by atoms with Gasteiger partial charge in [-0.05, 0) is 121 Å². The van der Waals surface area contributed by atoms with Crippen molar-refractivity contribution in [3.05, 3.63) is 198 Å². The summed E-state index contributed by atoms with van der Waals surface area (Å²) < 4.78 is 14.6. The van der Waals surface area contributed by atoms with Crippen molar-refractivity contribution < 1.29 is 4.39 Å². The molecule has 0 amide bonds. The van der Waals surface area contributed by atoms with Crippen LogP contribution in [0.15, 0.2) is 170 Å². The van der Waals surface area contributed by atoms with Gasteiger partial charge in [-0.25, -0.2) is 4.39 Å². The highest BCUT2D eigenvalue weighted by atomic mass is 19.1. The minimum absolute atomic E-state index is 0.257. The zero-order valence-corrected chi connectivity index (χ0v) is 25.5. The number of rotatable bonds is 3. The fourth-order valence-corrected chi connectivity index (χ4v) is 8.43. The molecular formula is C45H28FN. The molecule has 47 heavy (non-hydrogen) atoms. The highest BCUT2D eigenvalue weighted by Gasteiger charge is 2.52. The quantitative estimate of drug-likeness (QED) is 0.195. The molecule has 0 N–H and O–H groups in total. The van der Waals surface area contributed by atoms with Gasteiger partial charge in [-0.15, -0.1) is 0 Å². The van der Waals surface area contributed by atoms with Crippen molar-refractivity contribution in [1.29, 1.82) is 0 Å². The van der Waals surface area contributed by atoms with Crippen LogP contribution in [-0.4, -0.2) is 0 Å². The van der Waals surface area contributed by atoms with E-state index in [9.17, 15) is 4.39 Å². The van der Waals surface area contributed by atoms with Crippen molar-refractivity contribution in [1.82, 2.24) is 0 Å². The fraction of sp³-hybridized carbons (Fsp3) is 0.0222. The van der Waals surface area contributed by atoms with Gasteiger partial charge in [-0.3, -0.25) is 0 Å². The fourth-order valence-electron chi connectivity index (χ4n) is 8.43. The molecule has 2 heteroatoms. The molecule has 2 aliphatic rings. The molecule has 2 aliphatic carbocycles. The van der Waals surface area contributed by atoms with Crippen molar-refractivity contribution in [2.24, 2.45) is 0 Å². The number of halogens is 1. The van der Waals surface area contributed by atoms with E-state index in [0.717, 1.165) is 22.4 Å². The first-order valence-electron chi connectivity index (χ1n) is 16.1. The molecule has 0 saturated heterocycles. The molecule has 0 fully saturated rings. The van der Waals surface area contributed by atoms with Crippen molar-refractivity contribution in [2.75, 3.05) is 4.90 Å². The second-order valence-corrected chi connectivity index (χ2v) is 12.6. The third-order valence-corrected chi connectivity index (χ3v) is 10.2. The lowest BCUT2D eigenvalue weighted by Crippen LogP contribution is -2.26. The van der Waals surface area contributed by atoms with E-state index in [1.807, 2.05) is 24.3 Å². The van der Waals surface area contributed by atoms with E-state index in [1.165, 1.54) is 66.7 Å². The number of benzene rings is 8. The van der Waals surface area contributed by atoms with Gasteiger partial charge in [0.2, 0.25) is 0 Å². The van der Waals surface area contributed by atoms with Crippen molar-refractivity contribution in [2.45, 2.75) is 5.41 Å². The monoisotopic (exact) mass is 601 g/mol. The van der Waals surface area contributed by atoms with Crippen molar-refractivity contribution >= 4 is 38.6 Å². The largest absolute Gasteiger partial charge is 0.310 e. The SMILES string of the molecule is Fc1cccc(N(c2ccccc2)c2ccc3c4c(ccc3c2)-c2cc3ccccc3cc2C42c3ccccc3-c3ccccc32)c1. The zero-order valence-electron chi connectivity index (χ0n) is 25.5. The summed E-state index contributed by atoms with van der Waals surface area (Å²) in [4.78, 5) is 2.13. The Bertz CT molecular complexity index is 2500. The first-order valence-corrected chi connectivity index (χ1v) is 16.1. The Labute approximate surface area is 272 Å². The van der Waals surface area contributed by atoms with Crippen LogP contribution < -0.4 is 4.90 Å². The average molecular weight is 602 g/mol. The van der Waals surface area contributed by atoms with Gasteiger partial charge in [0.05, 0.1) is 5.41 Å². The molecule has 1 nitrogen and oxygen atoms in total. The summed E-state index contributed by atoms with van der Waals surface area (Å²) in [6.45, 7) is 0. The Morgan fingerprint density at radius 2 is 1.02 bits per heavy atom. The molecule has 1 spiro atoms. The molecule has 0 aliphatic heterocycles. The third-order valence-electron chi connectivity index (χ3n) is 10.2. The normalized spacial score (nSPS) is 13.4. The lowest BCUT2D eigenvalue weighted by Gasteiger charge is -2.32. The number of hydrogen-bond acceptors (Lipinski definition) is 1. The summed E-state index contributed by atoms with van der Waals surface area (Å²) in [6.07, 6.45) is 0. The van der Waals surface area contributed by atoms with Crippen LogP contribution in [0.5, 0.6) is 0 Å². The lowest BCUT2D eigenvalue weighted by atomic mass is 9.69. The van der Waals surface area contributed by atoms with Gasteiger partial charge >= 0.3 is 0 Å². The molecule has 0 unspecified atom stereocenters. The predicted molar refractivity (Wildman–Crippen MR) is 192 cm³/mol. The molecule has 0 atom stereocenters. The lowest BCUT2D eigenvalue weighted by molar-refractivity contribution is 0.628. The number of fused-ring (bicyclic) bond motifs is 13. The van der Waals surface area contributed by atoms with Gasteiger partial charge in [0, 0.05) is 17.1 Å². The van der Waals surface area contributed by atoms with Gasteiger partial charge in [-0.2, -0.15) is 0 Å². The van der Waals surface area contributed by atoms with Crippen molar-refractivity contribution in [3.63, 3.8) is 0 Å². The molecule has 10 rings (SSSR count). The van der Waals surface area contributed by atoms with Gasteiger partial charge in [-0.1, -0.05) is 115 Å². The average Bonchev–Trinajstić information content (AvgIpc) is 3.58. The smallest absolute Gasteiger partial charge is 0.125 e. The Morgan fingerprint density at radius 3 is 1.77 bits per heavy atom. The van der Waals surface area contributed by atoms with Crippen LogP contribution in [-0.2, 0) is 5.41 Å². The van der Waals surface area contributed by atoms with Gasteiger partial charge in [0.15, 0.2) is 0 Å². The predicted octanol–water partition coefficient (Wildman–Crippen LogP) is 11.9. The summed E-state index contributed by atoms with van der Waals surface area (Å²) in [6, 6.07) is 59.8. The number of hydrogen-bond donors (Lipinski definition) is 0. The van der Waals surface area contributed by atoms with Gasteiger partial charge < -0.3 is 4.90 Å². The Morgan fingerprint density at radius 1 is 0.383 bits per heavy atom. The van der Waals surface area contributed by atoms with Crippen LogP contribution in [0.2, 0.25) is 0 Å². The maximum absolute atomic E-state index is 14.6. The van der Waals surface area contributed by atoms with E-state index in [1.54, 1.807) is 12.1 Å². The first kappa shape index (κ1) is 26.2. The second kappa shape index (κ2) is 9.75. The molecule has 0 aromatic heterocycles. The number of anilines is 3. The van der Waals surface area contributed by atoms with Crippen LogP contribution in [0.4, 0.5) is 21.5 Å². The van der Waals surface area contributed by atoms with E-state index < -0.39 is 5.41 Å². The van der Waals surface area contributed by atoms with Gasteiger partial charge in [0.1, 0.15) is 5.82 Å². The van der Waals surface area contributed by atoms with Crippen LogP contribution >= 0.6 is 0 Å². The number of nitrogens with zero attached hydrogens (tertiary/aromatic N) is 1. The highest BCUT2D eigenvalue weighted by molar-refractivity contribution is 6.07. The molecule has 8 aromatic rings. The summed E-state index contributed by atoms with van der Waals surface area (Å²) in [5.74, 6) is -0.257. The minimum atomic E-state index is -0.454. The molecule has 0 bridgehead atoms. The third kappa shape index (κ3) is 3.58. The first-order chi connectivity index (χ1) is 23.2. The van der Waals surface area contributed by atoms with E-state index in [2.05, 4.69) is 132 Å². The van der Waals surface area contributed by atoms with Crippen LogP contribution in [0.3, 0.4) is 0 Å². The van der Waals surface area contributed by atoms with Gasteiger partial charge in [0.25, 0.3) is 0 Å². The van der Waals surface area contributed by atoms with Crippen LogP contribution in [0.25, 0.3) is 43.8 Å². The second-order valence-electron chi connectivity index (χ2n) is 12.6. The van der Waals surface area contributed by atoms with E-state index in [4.69, 9.17) is 0 Å². The topological polar surface area (TPSA) is 3.24 Å². The standard InChI is InChI=1S/C45H28FN/c46-32-13-10-16-34(28-32)47(33-14-2-1-3-15-33)35-22-24-36-31(25-35)21-23-39-40-26-29-11-4-5-12-30(29)27-43(40)45(44(36)39)41-19-8-6-17-37(41)38-18-7-9-20-42(38)45/h1-28H. The summed E-state index contributed by atoms with van der Waals surface area (Å²) in [5, 5.41) is 4.88. The highest BCUT2D eigenvalue weighted by Crippen LogP contribution is 2.64. The Hall–Kier alpha value is -5.99. The number of para-hydroxylation sites is 1. The van der Waals surface area contributed by atoms with Crippen LogP contribution in [0, 0.1) is 5.82 Å². The Kier molecular flexibility index (Phi) is 5.45. The van der Waals surface area contributed by atoms with Crippen LogP contribution in [0.1, 0.15) is 22.3 Å². The van der Waals surface area contributed by atoms with Crippen molar-refractivity contribution in [3.8, 4) is 22.3 Å². The summed E-state index contributed by atoms with van der Waals surface area (Å²) >= 11 is 0. The molecule has 220 valence electrons. The summed E-state index contributed by atoms with van der Waals surface area (Å²) in [7, 11) is 0. The maximum atomic E-state index is 14.6. The van der Waals surface area contributed by atoms with E-state index >= 15 is 0 Å². The minimum Gasteiger partial charge on any atom is -0.310 e. The van der Waals surface area contributed by atoms with E-state index in [-0.39, 0.29) is 5.82 Å². The molecule has 8 aromatic carbocycles. The molecular weight excluding hydrogens is 574 g/mol. The zero-order chi connectivity index (χ0) is 31.1. The Balaban J connectivity index is 1.29. The molecule has 0 radical (unpaired) electrons. The maximum Gasteiger partial charge on any atom is 0.125 e. The molecule has 0 saturated carbocycles.